The molecule has 0 fully saturated rings. The average molecular weight is 282 g/mol. The van der Waals surface area contributed by atoms with Crippen LogP contribution < -0.4 is 0 Å². The fourth-order valence-electron chi connectivity index (χ4n) is 1.73. The minimum atomic E-state index is -0.355. The summed E-state index contributed by atoms with van der Waals surface area (Å²) >= 11 is 0. The number of benzene rings is 2. The van der Waals surface area contributed by atoms with E-state index in [1.165, 1.54) is 0 Å². The molecule has 0 N–H and O–H groups in total. The molecule has 0 saturated heterocycles. The molecule has 0 saturated carbocycles. The molecule has 0 aliphatic heterocycles. The first-order chi connectivity index (χ1) is 10.3. The van der Waals surface area contributed by atoms with Crippen LogP contribution in [0, 0.1) is 0 Å². The minimum absolute atomic E-state index is 0.355. The first-order valence-electron chi connectivity index (χ1n) is 7.04. The van der Waals surface area contributed by atoms with Crippen molar-refractivity contribution in [3.63, 3.8) is 0 Å². The van der Waals surface area contributed by atoms with Crippen LogP contribution in [0.25, 0.3) is 0 Å². The van der Waals surface area contributed by atoms with Crippen molar-refractivity contribution in [3.8, 4) is 0 Å². The van der Waals surface area contributed by atoms with E-state index in [-0.39, 0.29) is 5.97 Å². The molecule has 0 radical (unpaired) electrons. The zero-order chi connectivity index (χ0) is 14.9. The molecular weight excluding hydrogens is 264 g/mol. The molecule has 21 heavy (non-hydrogen) atoms. The summed E-state index contributed by atoms with van der Waals surface area (Å²) in [6.45, 7) is 2.48. The SMILES string of the molecule is CCCCOC(=O)c1ccccc1N=Nc1ccccc1. The Balaban J connectivity index is 2.13. The van der Waals surface area contributed by atoms with E-state index in [0.29, 0.717) is 17.9 Å². The maximum absolute atomic E-state index is 12.0. The van der Waals surface area contributed by atoms with Gasteiger partial charge in [-0.05, 0) is 30.7 Å². The van der Waals surface area contributed by atoms with Crippen molar-refractivity contribution < 1.29 is 9.53 Å². The summed E-state index contributed by atoms with van der Waals surface area (Å²) in [5.41, 5.74) is 1.70. The molecule has 0 atom stereocenters. The van der Waals surface area contributed by atoms with Crippen LogP contribution in [0.1, 0.15) is 30.1 Å². The Morgan fingerprint density at radius 1 is 1.00 bits per heavy atom. The predicted octanol–water partition coefficient (Wildman–Crippen LogP) is 5.06. The van der Waals surface area contributed by atoms with Crippen LogP contribution in [0.5, 0.6) is 0 Å². The number of rotatable bonds is 6. The van der Waals surface area contributed by atoms with E-state index in [1.54, 1.807) is 18.2 Å². The number of azo groups is 1. The fraction of sp³-hybridized carbons (Fsp3) is 0.235. The second kappa shape index (κ2) is 7.94. The first kappa shape index (κ1) is 14.9. The van der Waals surface area contributed by atoms with E-state index in [1.807, 2.05) is 36.4 Å². The molecule has 0 aromatic heterocycles. The Labute approximate surface area is 124 Å². The molecule has 0 aliphatic carbocycles. The predicted molar refractivity (Wildman–Crippen MR) is 82.3 cm³/mol. The summed E-state index contributed by atoms with van der Waals surface area (Å²) in [5.74, 6) is -0.355. The number of carbonyl (C=O) groups excluding carboxylic acids is 1. The number of carbonyl (C=O) groups is 1. The molecule has 0 aliphatic rings. The zero-order valence-corrected chi connectivity index (χ0v) is 12.0. The smallest absolute Gasteiger partial charge is 0.340 e. The van der Waals surface area contributed by atoms with E-state index in [4.69, 9.17) is 4.74 Å². The molecule has 0 bridgehead atoms. The quantitative estimate of drug-likeness (QED) is 0.422. The van der Waals surface area contributed by atoms with Gasteiger partial charge >= 0.3 is 5.97 Å². The van der Waals surface area contributed by atoms with E-state index in [9.17, 15) is 4.79 Å². The van der Waals surface area contributed by atoms with Gasteiger partial charge in [0.2, 0.25) is 0 Å². The topological polar surface area (TPSA) is 51.0 Å². The highest BCUT2D eigenvalue weighted by molar-refractivity contribution is 5.94. The number of esters is 1. The van der Waals surface area contributed by atoms with Gasteiger partial charge in [0.1, 0.15) is 5.69 Å². The van der Waals surface area contributed by atoms with Crippen molar-refractivity contribution in [1.82, 2.24) is 0 Å². The van der Waals surface area contributed by atoms with Crippen LogP contribution in [-0.4, -0.2) is 12.6 Å². The molecule has 108 valence electrons. The molecule has 4 heteroatoms. The van der Waals surface area contributed by atoms with Gasteiger partial charge in [-0.25, -0.2) is 4.79 Å². The van der Waals surface area contributed by atoms with E-state index in [2.05, 4.69) is 17.2 Å². The summed E-state index contributed by atoms with van der Waals surface area (Å²) in [6.07, 6.45) is 1.85. The van der Waals surface area contributed by atoms with Crippen LogP contribution in [0.15, 0.2) is 64.8 Å². The van der Waals surface area contributed by atoms with E-state index in [0.717, 1.165) is 18.5 Å². The average Bonchev–Trinajstić information content (AvgIpc) is 2.54. The van der Waals surface area contributed by atoms with Gasteiger partial charge in [-0.3, -0.25) is 0 Å². The molecule has 2 aromatic carbocycles. The van der Waals surface area contributed by atoms with Crippen molar-refractivity contribution in [1.29, 1.82) is 0 Å². The molecule has 0 spiro atoms. The van der Waals surface area contributed by atoms with Crippen molar-refractivity contribution in [2.24, 2.45) is 10.2 Å². The third kappa shape index (κ3) is 4.53. The van der Waals surface area contributed by atoms with Crippen LogP contribution >= 0.6 is 0 Å². The van der Waals surface area contributed by atoms with Crippen LogP contribution in [-0.2, 0) is 4.74 Å². The minimum Gasteiger partial charge on any atom is -0.462 e. The maximum Gasteiger partial charge on any atom is 0.340 e. The molecule has 4 nitrogen and oxygen atoms in total. The van der Waals surface area contributed by atoms with Crippen molar-refractivity contribution in [2.45, 2.75) is 19.8 Å². The van der Waals surface area contributed by atoms with Crippen LogP contribution in [0.2, 0.25) is 0 Å². The standard InChI is InChI=1S/C17H18N2O2/c1-2-3-13-21-17(20)15-11-7-8-12-16(15)19-18-14-9-5-4-6-10-14/h4-12H,2-3,13H2,1H3. The number of hydrogen-bond donors (Lipinski definition) is 0. The lowest BCUT2D eigenvalue weighted by molar-refractivity contribution is 0.0500. The molecule has 0 heterocycles. The maximum atomic E-state index is 12.0. The van der Waals surface area contributed by atoms with Crippen molar-refractivity contribution >= 4 is 17.3 Å². The largest absolute Gasteiger partial charge is 0.462 e. The second-order valence-corrected chi connectivity index (χ2v) is 4.54. The van der Waals surface area contributed by atoms with E-state index >= 15 is 0 Å². The van der Waals surface area contributed by atoms with Crippen LogP contribution in [0.4, 0.5) is 11.4 Å². The Hall–Kier alpha value is -2.49. The lowest BCUT2D eigenvalue weighted by Gasteiger charge is -2.05. The van der Waals surface area contributed by atoms with Gasteiger partial charge in [0.15, 0.2) is 0 Å². The summed E-state index contributed by atoms with van der Waals surface area (Å²) in [7, 11) is 0. The Bertz CT molecular complexity index is 609. The van der Waals surface area contributed by atoms with Crippen molar-refractivity contribution in [3.05, 3.63) is 60.2 Å². The lowest BCUT2D eigenvalue weighted by atomic mass is 10.2. The van der Waals surface area contributed by atoms with Gasteiger partial charge in [-0.2, -0.15) is 5.11 Å². The molecule has 0 amide bonds. The number of nitrogens with zero attached hydrogens (tertiary/aromatic N) is 2. The lowest BCUT2D eigenvalue weighted by Crippen LogP contribution is -2.06. The molecule has 2 rings (SSSR count). The molecule has 0 unspecified atom stereocenters. The normalized spacial score (nSPS) is 10.7. The summed E-state index contributed by atoms with van der Waals surface area (Å²) in [5, 5.41) is 8.28. The third-order valence-corrected chi connectivity index (χ3v) is 2.88. The third-order valence-electron chi connectivity index (χ3n) is 2.88. The summed E-state index contributed by atoms with van der Waals surface area (Å²) in [6, 6.07) is 16.5. The zero-order valence-electron chi connectivity index (χ0n) is 12.0. The van der Waals surface area contributed by atoms with Gasteiger partial charge in [-0.1, -0.05) is 43.7 Å². The highest BCUT2D eigenvalue weighted by atomic mass is 16.5. The number of hydrogen-bond acceptors (Lipinski definition) is 4. The fourth-order valence-corrected chi connectivity index (χ4v) is 1.73. The first-order valence-corrected chi connectivity index (χ1v) is 7.04. The van der Waals surface area contributed by atoms with Crippen LogP contribution in [0.3, 0.4) is 0 Å². The summed E-state index contributed by atoms with van der Waals surface area (Å²) in [4.78, 5) is 12.0. The van der Waals surface area contributed by atoms with Crippen molar-refractivity contribution in [2.75, 3.05) is 6.61 Å². The second-order valence-electron chi connectivity index (χ2n) is 4.54. The number of ether oxygens (including phenoxy) is 1. The van der Waals surface area contributed by atoms with Gasteiger partial charge in [-0.15, -0.1) is 5.11 Å². The summed E-state index contributed by atoms with van der Waals surface area (Å²) < 4.78 is 5.22. The van der Waals surface area contributed by atoms with Gasteiger partial charge in [0.25, 0.3) is 0 Å². The molecular formula is C17H18N2O2. The highest BCUT2D eigenvalue weighted by Crippen LogP contribution is 2.22. The van der Waals surface area contributed by atoms with E-state index < -0.39 is 0 Å². The highest BCUT2D eigenvalue weighted by Gasteiger charge is 2.11. The van der Waals surface area contributed by atoms with Gasteiger partial charge in [0, 0.05) is 0 Å². The Morgan fingerprint density at radius 2 is 1.71 bits per heavy atom. The van der Waals surface area contributed by atoms with Gasteiger partial charge < -0.3 is 4.74 Å². The Kier molecular flexibility index (Phi) is 5.64. The Morgan fingerprint density at radius 3 is 2.48 bits per heavy atom. The number of unbranched alkanes of at least 4 members (excludes halogenated alkanes) is 1. The monoisotopic (exact) mass is 282 g/mol. The van der Waals surface area contributed by atoms with Gasteiger partial charge in [0.05, 0.1) is 17.9 Å². The molecule has 2 aromatic rings.